The van der Waals surface area contributed by atoms with Gasteiger partial charge < -0.3 is 42.6 Å². The molecule has 2 aliphatic rings. The summed E-state index contributed by atoms with van der Waals surface area (Å²) in [5.74, 6) is -2.80. The summed E-state index contributed by atoms with van der Waals surface area (Å²) in [5.41, 5.74) is 1.13. The summed E-state index contributed by atoms with van der Waals surface area (Å²) in [6.45, 7) is 7.01. The van der Waals surface area contributed by atoms with Crippen molar-refractivity contribution in [2.24, 2.45) is 0 Å². The van der Waals surface area contributed by atoms with E-state index >= 15 is 0 Å². The van der Waals surface area contributed by atoms with Crippen LogP contribution in [0.4, 0.5) is 0 Å². The minimum atomic E-state index is -1.41. The minimum absolute atomic E-state index is 0.149. The van der Waals surface area contributed by atoms with E-state index in [4.69, 9.17) is 42.6 Å². The van der Waals surface area contributed by atoms with E-state index in [0.29, 0.717) is 0 Å². The Morgan fingerprint density at radius 1 is 0.609 bits per heavy atom. The molecule has 2 fully saturated rings. The van der Waals surface area contributed by atoms with Crippen molar-refractivity contribution in [2.45, 2.75) is 103 Å². The molecule has 0 bridgehead atoms. The van der Waals surface area contributed by atoms with Crippen molar-refractivity contribution >= 4 is 23.9 Å². The molecule has 0 N–H and O–H groups in total. The van der Waals surface area contributed by atoms with Crippen LogP contribution in [0.15, 0.2) is 60.7 Å². The van der Waals surface area contributed by atoms with Gasteiger partial charge in [0.15, 0.2) is 37.0 Å². The van der Waals surface area contributed by atoms with Gasteiger partial charge in [-0.3, -0.25) is 14.4 Å². The number of carbonyl (C=O) groups is 4. The van der Waals surface area contributed by atoms with Crippen LogP contribution < -0.4 is 0 Å². The Morgan fingerprint density at radius 3 is 1.70 bits per heavy atom. The number of methoxy groups -OCH3 is 1. The molecule has 4 rings (SSSR count). The SMILES string of the molecule is CO[C@@H]1O[C@@H](C)[C@H](OCc2ccccc2)[C@@H](O[C@@H]2O[C@@H](C)[C@H](OC(C)=O)[C@@H](OC(C)=O)[C@H]2OC(C)=O)[C@H]1OC(=O)c1ccccc1. The summed E-state index contributed by atoms with van der Waals surface area (Å²) >= 11 is 0. The third-order valence-corrected chi connectivity index (χ3v) is 7.42. The fourth-order valence-electron chi connectivity index (χ4n) is 5.44. The average molecular weight is 645 g/mol. The van der Waals surface area contributed by atoms with Crippen LogP contribution in [-0.2, 0) is 63.6 Å². The Labute approximate surface area is 267 Å². The second kappa shape index (κ2) is 16.1. The summed E-state index contributed by atoms with van der Waals surface area (Å²) in [6, 6.07) is 17.7. The molecule has 0 unspecified atom stereocenters. The van der Waals surface area contributed by atoms with Gasteiger partial charge in [0.05, 0.1) is 24.4 Å². The Bertz CT molecular complexity index is 1320. The first-order valence-electron chi connectivity index (χ1n) is 14.9. The van der Waals surface area contributed by atoms with E-state index in [1.165, 1.54) is 21.0 Å². The number of carbonyl (C=O) groups excluding carboxylic acids is 4. The maximum Gasteiger partial charge on any atom is 0.338 e. The molecular formula is C33H40O13. The second-order valence-electron chi connectivity index (χ2n) is 11.0. The van der Waals surface area contributed by atoms with Gasteiger partial charge in [0.1, 0.15) is 12.2 Å². The molecule has 0 spiro atoms. The Balaban J connectivity index is 1.73. The standard InChI is InChI=1S/C33H40O13/c1-18-25(39-17-23-13-9-7-10-14-23)27(29(32(38-6)40-18)45-31(37)24-15-11-8-12-16-24)46-33-30(44-22(5)36)28(43-21(4)35)26(19(2)41-33)42-20(3)34/h7-16,18-19,25-30,32-33H,17H2,1-6H3/t18-,19-,25-,26-,27+,28+,29+,30+,32+,33-/m0/s1. The molecule has 0 amide bonds. The third kappa shape index (κ3) is 8.89. The molecule has 2 aliphatic heterocycles. The van der Waals surface area contributed by atoms with Gasteiger partial charge in [-0.2, -0.15) is 0 Å². The first kappa shape index (κ1) is 35.0. The lowest BCUT2D eigenvalue weighted by Gasteiger charge is -2.48. The highest BCUT2D eigenvalue weighted by Crippen LogP contribution is 2.35. The van der Waals surface area contributed by atoms with Crippen LogP contribution in [0.3, 0.4) is 0 Å². The summed E-state index contributed by atoms with van der Waals surface area (Å²) in [7, 11) is 1.39. The fourth-order valence-corrected chi connectivity index (χ4v) is 5.44. The topological polar surface area (TPSA) is 151 Å². The van der Waals surface area contributed by atoms with Gasteiger partial charge in [-0.1, -0.05) is 48.5 Å². The van der Waals surface area contributed by atoms with Crippen LogP contribution in [0.1, 0.15) is 50.5 Å². The van der Waals surface area contributed by atoms with Crippen molar-refractivity contribution < 1.29 is 61.8 Å². The van der Waals surface area contributed by atoms with Crippen molar-refractivity contribution in [1.82, 2.24) is 0 Å². The van der Waals surface area contributed by atoms with E-state index < -0.39 is 85.3 Å². The molecule has 2 saturated heterocycles. The molecule has 0 aliphatic carbocycles. The lowest BCUT2D eigenvalue weighted by Crippen LogP contribution is -2.65. The van der Waals surface area contributed by atoms with E-state index in [-0.39, 0.29) is 12.2 Å². The highest BCUT2D eigenvalue weighted by molar-refractivity contribution is 5.89. The van der Waals surface area contributed by atoms with E-state index in [1.54, 1.807) is 44.2 Å². The van der Waals surface area contributed by atoms with Crippen molar-refractivity contribution in [3.63, 3.8) is 0 Å². The summed E-state index contributed by atoms with van der Waals surface area (Å²) in [6.07, 6.45) is -11.1. The van der Waals surface area contributed by atoms with Crippen LogP contribution in [0, 0.1) is 0 Å². The maximum absolute atomic E-state index is 13.3. The van der Waals surface area contributed by atoms with Crippen LogP contribution >= 0.6 is 0 Å². The van der Waals surface area contributed by atoms with E-state index in [2.05, 4.69) is 0 Å². The molecule has 2 aromatic rings. The van der Waals surface area contributed by atoms with Gasteiger partial charge in [0.25, 0.3) is 0 Å². The fraction of sp³-hybridized carbons (Fsp3) is 0.515. The van der Waals surface area contributed by atoms with Crippen LogP contribution in [0.2, 0.25) is 0 Å². The smallest absolute Gasteiger partial charge is 0.338 e. The molecule has 2 aromatic carbocycles. The van der Waals surface area contributed by atoms with Gasteiger partial charge in [0, 0.05) is 27.9 Å². The van der Waals surface area contributed by atoms with Crippen molar-refractivity contribution in [2.75, 3.05) is 7.11 Å². The van der Waals surface area contributed by atoms with Crippen LogP contribution in [0.25, 0.3) is 0 Å². The lowest BCUT2D eigenvalue weighted by atomic mass is 9.96. The number of benzene rings is 2. The Kier molecular flexibility index (Phi) is 12.2. The van der Waals surface area contributed by atoms with Crippen molar-refractivity contribution in [1.29, 1.82) is 0 Å². The molecule has 250 valence electrons. The number of rotatable bonds is 11. The first-order chi connectivity index (χ1) is 22.0. The van der Waals surface area contributed by atoms with Gasteiger partial charge in [0.2, 0.25) is 0 Å². The Hall–Kier alpha value is -3.88. The number of hydrogen-bond acceptors (Lipinski definition) is 13. The molecule has 2 heterocycles. The predicted octanol–water partition coefficient (Wildman–Crippen LogP) is 3.11. The highest BCUT2D eigenvalue weighted by Gasteiger charge is 2.55. The number of esters is 4. The van der Waals surface area contributed by atoms with Crippen LogP contribution in [0.5, 0.6) is 0 Å². The first-order valence-corrected chi connectivity index (χ1v) is 14.9. The van der Waals surface area contributed by atoms with Gasteiger partial charge >= 0.3 is 23.9 Å². The van der Waals surface area contributed by atoms with Crippen LogP contribution in [-0.4, -0.2) is 92.4 Å². The summed E-state index contributed by atoms with van der Waals surface area (Å²) < 4.78 is 53.2. The molecule has 0 aromatic heterocycles. The molecule has 13 nitrogen and oxygen atoms in total. The summed E-state index contributed by atoms with van der Waals surface area (Å²) in [5, 5.41) is 0. The molecule has 13 heteroatoms. The minimum Gasteiger partial charge on any atom is -0.456 e. The maximum atomic E-state index is 13.3. The quantitative estimate of drug-likeness (QED) is 0.260. The van der Waals surface area contributed by atoms with Crippen molar-refractivity contribution in [3.8, 4) is 0 Å². The molecule has 0 radical (unpaired) electrons. The largest absolute Gasteiger partial charge is 0.456 e. The Morgan fingerprint density at radius 2 is 1.11 bits per heavy atom. The third-order valence-electron chi connectivity index (χ3n) is 7.42. The zero-order chi connectivity index (χ0) is 33.4. The van der Waals surface area contributed by atoms with Crippen molar-refractivity contribution in [3.05, 3.63) is 71.8 Å². The predicted molar refractivity (Wildman–Crippen MR) is 158 cm³/mol. The molecule has 46 heavy (non-hydrogen) atoms. The zero-order valence-corrected chi connectivity index (χ0v) is 26.6. The number of hydrogen-bond donors (Lipinski definition) is 0. The molecular weight excluding hydrogens is 604 g/mol. The van der Waals surface area contributed by atoms with Gasteiger partial charge in [-0.25, -0.2) is 4.79 Å². The normalized spacial score (nSPS) is 30.9. The van der Waals surface area contributed by atoms with Gasteiger partial charge in [-0.15, -0.1) is 0 Å². The summed E-state index contributed by atoms with van der Waals surface area (Å²) in [4.78, 5) is 49.8. The molecule has 10 atom stereocenters. The van der Waals surface area contributed by atoms with E-state index in [1.807, 2.05) is 30.3 Å². The number of ether oxygens (including phenoxy) is 9. The zero-order valence-electron chi connectivity index (χ0n) is 26.6. The van der Waals surface area contributed by atoms with Gasteiger partial charge in [-0.05, 0) is 31.5 Å². The van der Waals surface area contributed by atoms with E-state index in [0.717, 1.165) is 12.5 Å². The second-order valence-corrected chi connectivity index (χ2v) is 11.0. The molecule has 0 saturated carbocycles. The van der Waals surface area contributed by atoms with E-state index in [9.17, 15) is 19.2 Å². The monoisotopic (exact) mass is 644 g/mol. The highest BCUT2D eigenvalue weighted by atomic mass is 16.8. The average Bonchev–Trinajstić information content (AvgIpc) is 3.01. The lowest BCUT2D eigenvalue weighted by molar-refractivity contribution is -0.356.